The van der Waals surface area contributed by atoms with Crippen molar-refractivity contribution in [2.75, 3.05) is 6.54 Å². The number of hydrogen-bond acceptors (Lipinski definition) is 2. The van der Waals surface area contributed by atoms with Crippen LogP contribution < -0.4 is 5.32 Å². The Morgan fingerprint density at radius 1 is 1.50 bits per heavy atom. The molecule has 3 heteroatoms. The van der Waals surface area contributed by atoms with Crippen LogP contribution in [-0.4, -0.2) is 23.7 Å². The van der Waals surface area contributed by atoms with E-state index >= 15 is 0 Å². The van der Waals surface area contributed by atoms with E-state index in [9.17, 15) is 9.90 Å². The van der Waals surface area contributed by atoms with Gasteiger partial charge in [0, 0.05) is 6.54 Å². The van der Waals surface area contributed by atoms with Gasteiger partial charge >= 0.3 is 0 Å². The molecule has 1 aliphatic rings. The van der Waals surface area contributed by atoms with Gasteiger partial charge in [0.2, 0.25) is 5.91 Å². The quantitative estimate of drug-likeness (QED) is 0.854. The predicted octanol–water partition coefficient (Wildman–Crippen LogP) is 1.91. The van der Waals surface area contributed by atoms with Crippen LogP contribution in [0.25, 0.3) is 0 Å². The Morgan fingerprint density at radius 3 is 2.72 bits per heavy atom. The van der Waals surface area contributed by atoms with Crippen LogP contribution in [0.1, 0.15) is 37.3 Å². The third kappa shape index (κ3) is 2.41. The maximum atomic E-state index is 12.3. The summed E-state index contributed by atoms with van der Waals surface area (Å²) in [7, 11) is 0. The van der Waals surface area contributed by atoms with E-state index in [0.717, 1.165) is 24.8 Å². The molecule has 0 saturated heterocycles. The van der Waals surface area contributed by atoms with E-state index in [4.69, 9.17) is 0 Å². The number of carbonyl (C=O) groups is 1. The third-order valence-electron chi connectivity index (χ3n) is 3.77. The Labute approximate surface area is 108 Å². The lowest BCUT2D eigenvalue weighted by molar-refractivity contribution is -0.130. The van der Waals surface area contributed by atoms with Gasteiger partial charge in [0.25, 0.3) is 0 Å². The van der Waals surface area contributed by atoms with Gasteiger partial charge in [-0.05, 0) is 32.3 Å². The second kappa shape index (κ2) is 5.11. The molecule has 2 N–H and O–H groups in total. The predicted molar refractivity (Wildman–Crippen MR) is 71.4 cm³/mol. The van der Waals surface area contributed by atoms with Crippen molar-refractivity contribution in [1.82, 2.24) is 5.32 Å². The summed E-state index contributed by atoms with van der Waals surface area (Å²) in [6.07, 6.45) is 2.41. The molecule has 0 radical (unpaired) electrons. The lowest BCUT2D eigenvalue weighted by Gasteiger charge is -2.41. The summed E-state index contributed by atoms with van der Waals surface area (Å²) in [5.41, 5.74) is 1.93. The van der Waals surface area contributed by atoms with Crippen molar-refractivity contribution >= 4 is 5.91 Å². The zero-order valence-corrected chi connectivity index (χ0v) is 11.1. The minimum atomic E-state index is -0.497. The number of hydrogen-bond donors (Lipinski definition) is 2. The molecule has 1 aliphatic carbocycles. The van der Waals surface area contributed by atoms with E-state index in [-0.39, 0.29) is 11.3 Å². The Hall–Kier alpha value is -1.35. The fourth-order valence-electron chi connectivity index (χ4n) is 2.53. The van der Waals surface area contributed by atoms with E-state index in [2.05, 4.69) is 11.4 Å². The molecule has 1 saturated carbocycles. The van der Waals surface area contributed by atoms with Crippen LogP contribution in [0.3, 0.4) is 0 Å². The highest BCUT2D eigenvalue weighted by atomic mass is 16.3. The minimum absolute atomic E-state index is 0.0558. The van der Waals surface area contributed by atoms with Crippen molar-refractivity contribution in [3.8, 4) is 0 Å². The average molecular weight is 247 g/mol. The summed E-state index contributed by atoms with van der Waals surface area (Å²) in [4.78, 5) is 12.3. The summed E-state index contributed by atoms with van der Waals surface area (Å²) in [6, 6.07) is 8.19. The Kier molecular flexibility index (Phi) is 3.71. The number of aryl methyl sites for hydroxylation is 1. The van der Waals surface area contributed by atoms with Crippen molar-refractivity contribution in [2.45, 2.75) is 44.6 Å². The highest BCUT2D eigenvalue weighted by Crippen LogP contribution is 2.44. The molecule has 3 nitrogen and oxygen atoms in total. The van der Waals surface area contributed by atoms with E-state index < -0.39 is 6.10 Å². The van der Waals surface area contributed by atoms with Crippen molar-refractivity contribution < 1.29 is 9.90 Å². The topological polar surface area (TPSA) is 49.3 Å². The van der Waals surface area contributed by atoms with Gasteiger partial charge in [0.1, 0.15) is 0 Å². The van der Waals surface area contributed by atoms with Gasteiger partial charge in [-0.2, -0.15) is 0 Å². The van der Waals surface area contributed by atoms with Crippen LogP contribution in [0.5, 0.6) is 0 Å². The van der Waals surface area contributed by atoms with E-state index in [1.807, 2.05) is 25.1 Å². The molecule has 1 fully saturated rings. The number of carbonyl (C=O) groups excluding carboxylic acids is 1. The van der Waals surface area contributed by atoms with E-state index in [1.165, 1.54) is 5.56 Å². The highest BCUT2D eigenvalue weighted by Gasteiger charge is 2.45. The minimum Gasteiger partial charge on any atom is -0.392 e. The first-order valence-corrected chi connectivity index (χ1v) is 6.58. The number of benzene rings is 1. The molecule has 0 bridgehead atoms. The van der Waals surface area contributed by atoms with Crippen LogP contribution in [0.4, 0.5) is 0 Å². The van der Waals surface area contributed by atoms with Crippen molar-refractivity contribution in [2.24, 2.45) is 0 Å². The number of nitrogens with one attached hydrogen (secondary N) is 1. The van der Waals surface area contributed by atoms with Gasteiger partial charge in [-0.15, -0.1) is 0 Å². The van der Waals surface area contributed by atoms with Gasteiger partial charge in [-0.25, -0.2) is 0 Å². The van der Waals surface area contributed by atoms with Gasteiger partial charge in [-0.1, -0.05) is 36.2 Å². The van der Waals surface area contributed by atoms with Crippen LogP contribution in [0, 0.1) is 6.92 Å². The largest absolute Gasteiger partial charge is 0.392 e. The zero-order chi connectivity index (χ0) is 13.2. The second-order valence-corrected chi connectivity index (χ2v) is 5.36. The Balaban J connectivity index is 2.18. The molecule has 1 amide bonds. The molecule has 0 spiro atoms. The molecule has 0 aliphatic heterocycles. The van der Waals surface area contributed by atoms with Crippen LogP contribution in [-0.2, 0) is 10.2 Å². The molecule has 0 unspecified atom stereocenters. The summed E-state index contributed by atoms with van der Waals surface area (Å²) in [5.74, 6) is 0.0558. The fourth-order valence-corrected chi connectivity index (χ4v) is 2.53. The summed E-state index contributed by atoms with van der Waals surface area (Å²) in [6.45, 7) is 4.05. The summed E-state index contributed by atoms with van der Waals surface area (Å²) >= 11 is 0. The second-order valence-electron chi connectivity index (χ2n) is 5.36. The lowest BCUT2D eigenvalue weighted by atomic mass is 9.63. The smallest absolute Gasteiger partial charge is 0.230 e. The van der Waals surface area contributed by atoms with Gasteiger partial charge in [0.15, 0.2) is 0 Å². The van der Waals surface area contributed by atoms with Crippen molar-refractivity contribution in [3.05, 3.63) is 35.4 Å². The SMILES string of the molecule is Cc1cccc(C2(C(=O)NC[C@@H](C)O)CCC2)c1. The zero-order valence-electron chi connectivity index (χ0n) is 11.1. The van der Waals surface area contributed by atoms with E-state index in [1.54, 1.807) is 6.92 Å². The number of amides is 1. The number of rotatable bonds is 4. The Morgan fingerprint density at radius 2 is 2.22 bits per heavy atom. The van der Waals surface area contributed by atoms with Crippen LogP contribution in [0.15, 0.2) is 24.3 Å². The molecular weight excluding hydrogens is 226 g/mol. The van der Waals surface area contributed by atoms with Crippen LogP contribution >= 0.6 is 0 Å². The molecule has 2 rings (SSSR count). The maximum absolute atomic E-state index is 12.3. The van der Waals surface area contributed by atoms with Crippen molar-refractivity contribution in [1.29, 1.82) is 0 Å². The van der Waals surface area contributed by atoms with E-state index in [0.29, 0.717) is 6.54 Å². The molecule has 18 heavy (non-hydrogen) atoms. The van der Waals surface area contributed by atoms with Gasteiger partial charge in [-0.3, -0.25) is 4.79 Å². The summed E-state index contributed by atoms with van der Waals surface area (Å²) < 4.78 is 0. The normalized spacial score (nSPS) is 18.8. The fraction of sp³-hybridized carbons (Fsp3) is 0.533. The number of aliphatic hydroxyl groups excluding tert-OH is 1. The molecule has 1 atom stereocenters. The third-order valence-corrected chi connectivity index (χ3v) is 3.77. The first-order valence-electron chi connectivity index (χ1n) is 6.58. The van der Waals surface area contributed by atoms with Crippen molar-refractivity contribution in [3.63, 3.8) is 0 Å². The number of aliphatic hydroxyl groups is 1. The van der Waals surface area contributed by atoms with Gasteiger partial charge < -0.3 is 10.4 Å². The highest BCUT2D eigenvalue weighted by molar-refractivity contribution is 5.89. The monoisotopic (exact) mass is 247 g/mol. The molecule has 0 aromatic heterocycles. The Bertz CT molecular complexity index is 436. The van der Waals surface area contributed by atoms with Crippen LogP contribution in [0.2, 0.25) is 0 Å². The molecule has 1 aromatic carbocycles. The average Bonchev–Trinajstić information content (AvgIpc) is 2.25. The first kappa shape index (κ1) is 13.1. The standard InChI is InChI=1S/C15H21NO2/c1-11-5-3-6-13(9-11)15(7-4-8-15)14(18)16-10-12(2)17/h3,5-6,9,12,17H,4,7-8,10H2,1-2H3,(H,16,18)/t12-/m1/s1. The molecule has 0 heterocycles. The maximum Gasteiger partial charge on any atom is 0.230 e. The molecule has 98 valence electrons. The molecular formula is C15H21NO2. The first-order chi connectivity index (χ1) is 8.54. The lowest BCUT2D eigenvalue weighted by Crippen LogP contribution is -2.50. The van der Waals surface area contributed by atoms with Gasteiger partial charge in [0.05, 0.1) is 11.5 Å². The summed E-state index contributed by atoms with van der Waals surface area (Å²) in [5, 5.41) is 12.1. The molecule has 1 aromatic rings.